The minimum atomic E-state index is -0.646. The van der Waals surface area contributed by atoms with Gasteiger partial charge in [-0.3, -0.25) is 9.59 Å². The quantitative estimate of drug-likeness (QED) is 0.701. The zero-order valence-corrected chi connectivity index (χ0v) is 20.6. The third-order valence-corrected chi connectivity index (χ3v) is 7.76. The molecule has 0 unspecified atom stereocenters. The van der Waals surface area contributed by atoms with Crippen molar-refractivity contribution in [3.8, 4) is 11.5 Å². The smallest absolute Gasteiger partial charge is 0.245 e. The zero-order valence-electron chi connectivity index (χ0n) is 20.6. The van der Waals surface area contributed by atoms with Crippen molar-refractivity contribution in [3.63, 3.8) is 0 Å². The minimum Gasteiger partial charge on any atom is -0.508 e. The number of carbonyl (C=O) groups excluding carboxylic acids is 2. The Balaban J connectivity index is 1.31. The molecule has 2 N–H and O–H groups in total. The summed E-state index contributed by atoms with van der Waals surface area (Å²) >= 11 is 0. The zero-order chi connectivity index (χ0) is 24.7. The standard InChI is InChI=1S/C28H34N2O5/c1-17(31)29-23(14-18-8-10-20(32)11-9-18)27(33)30-13-12-24-19(16-30)15-22-26(34-24)21-6-4-5-7-25(21)35-28(22,2)3/h4-11,19,22-24,26,32H,12-16H2,1-3H3,(H,29,31)/t19-,22+,23-,24+,26-/m1/s1. The molecule has 0 saturated carbocycles. The number of hydrogen-bond donors (Lipinski definition) is 2. The number of nitrogens with zero attached hydrogens (tertiary/aromatic N) is 1. The number of phenolic OH excluding ortho intramolecular Hbond substituents is 1. The van der Waals surface area contributed by atoms with Gasteiger partial charge in [0.05, 0.1) is 12.2 Å². The first-order chi connectivity index (χ1) is 16.7. The van der Waals surface area contributed by atoms with Crippen molar-refractivity contribution in [1.82, 2.24) is 10.2 Å². The van der Waals surface area contributed by atoms with Gasteiger partial charge in [-0.15, -0.1) is 0 Å². The van der Waals surface area contributed by atoms with E-state index in [1.54, 1.807) is 24.3 Å². The molecule has 5 atom stereocenters. The van der Waals surface area contributed by atoms with Crippen molar-refractivity contribution in [1.29, 1.82) is 0 Å². The average Bonchev–Trinajstić information content (AvgIpc) is 2.83. The second kappa shape index (κ2) is 9.19. The van der Waals surface area contributed by atoms with Gasteiger partial charge < -0.3 is 24.8 Å². The molecule has 3 aliphatic heterocycles. The van der Waals surface area contributed by atoms with Crippen LogP contribution < -0.4 is 10.1 Å². The fourth-order valence-corrected chi connectivity index (χ4v) is 5.99. The van der Waals surface area contributed by atoms with E-state index in [2.05, 4.69) is 25.2 Å². The number of ether oxygens (including phenoxy) is 2. The minimum absolute atomic E-state index is 0.0000704. The normalized spacial score (nSPS) is 27.5. The number of carbonyl (C=O) groups is 2. The van der Waals surface area contributed by atoms with Crippen molar-refractivity contribution < 1.29 is 24.2 Å². The molecule has 5 rings (SSSR count). The Morgan fingerprint density at radius 3 is 2.66 bits per heavy atom. The molecular formula is C28H34N2O5. The number of likely N-dealkylation sites (tertiary alicyclic amines) is 1. The third kappa shape index (κ3) is 4.74. The first-order valence-electron chi connectivity index (χ1n) is 12.5. The van der Waals surface area contributed by atoms with Crippen LogP contribution in [0, 0.1) is 11.8 Å². The molecule has 0 bridgehead atoms. The summed E-state index contributed by atoms with van der Waals surface area (Å²) in [6.07, 6.45) is 2.17. The van der Waals surface area contributed by atoms with Crippen LogP contribution in [0.5, 0.6) is 11.5 Å². The number of nitrogens with one attached hydrogen (secondary N) is 1. The first-order valence-corrected chi connectivity index (χ1v) is 12.5. The topological polar surface area (TPSA) is 88.1 Å². The van der Waals surface area contributed by atoms with Crippen LogP contribution in [-0.4, -0.2) is 52.7 Å². The van der Waals surface area contributed by atoms with Crippen molar-refractivity contribution >= 4 is 11.8 Å². The van der Waals surface area contributed by atoms with Crippen molar-refractivity contribution in [2.75, 3.05) is 13.1 Å². The van der Waals surface area contributed by atoms with Crippen molar-refractivity contribution in [2.24, 2.45) is 11.8 Å². The molecule has 0 radical (unpaired) electrons. The van der Waals surface area contributed by atoms with E-state index in [0.29, 0.717) is 19.5 Å². The summed E-state index contributed by atoms with van der Waals surface area (Å²) in [5.74, 6) is 1.17. The second-order valence-corrected chi connectivity index (χ2v) is 10.6. The third-order valence-electron chi connectivity index (χ3n) is 7.76. The summed E-state index contributed by atoms with van der Waals surface area (Å²) in [5, 5.41) is 12.4. The number of benzene rings is 2. The van der Waals surface area contributed by atoms with Gasteiger partial charge in [-0.1, -0.05) is 30.3 Å². The van der Waals surface area contributed by atoms with Gasteiger partial charge in [0.25, 0.3) is 0 Å². The van der Waals surface area contributed by atoms with E-state index >= 15 is 0 Å². The highest BCUT2D eigenvalue weighted by molar-refractivity contribution is 5.87. The Kier molecular flexibility index (Phi) is 6.21. The number of hydrogen-bond acceptors (Lipinski definition) is 5. The maximum Gasteiger partial charge on any atom is 0.245 e. The maximum absolute atomic E-state index is 13.5. The van der Waals surface area contributed by atoms with E-state index < -0.39 is 6.04 Å². The predicted molar refractivity (Wildman–Crippen MR) is 131 cm³/mol. The average molecular weight is 479 g/mol. The Morgan fingerprint density at radius 1 is 1.17 bits per heavy atom. The molecule has 2 fully saturated rings. The van der Waals surface area contributed by atoms with Crippen LogP contribution in [-0.2, 0) is 20.7 Å². The lowest BCUT2D eigenvalue weighted by Crippen LogP contribution is -2.58. The van der Waals surface area contributed by atoms with Crippen LogP contribution in [0.4, 0.5) is 0 Å². The lowest BCUT2D eigenvalue weighted by atomic mass is 9.70. The highest BCUT2D eigenvalue weighted by Gasteiger charge is 2.51. The fourth-order valence-electron chi connectivity index (χ4n) is 5.99. The fraction of sp³-hybridized carbons (Fsp3) is 0.500. The Labute approximate surface area is 206 Å². The summed E-state index contributed by atoms with van der Waals surface area (Å²) in [7, 11) is 0. The van der Waals surface area contributed by atoms with Crippen molar-refractivity contribution in [3.05, 3.63) is 59.7 Å². The number of para-hydroxylation sites is 1. The van der Waals surface area contributed by atoms with E-state index in [-0.39, 0.29) is 47.2 Å². The SMILES string of the molecule is CC(=O)N[C@H](Cc1ccc(O)cc1)C(=O)N1CC[C@@H]2O[C@@H]3c4ccccc4OC(C)(C)[C@H]3C[C@@H]2C1. The number of aromatic hydroxyl groups is 1. The molecule has 2 aromatic carbocycles. The van der Waals surface area contributed by atoms with Crippen LogP contribution in [0.2, 0.25) is 0 Å². The predicted octanol–water partition coefficient (Wildman–Crippen LogP) is 3.61. The van der Waals surface area contributed by atoms with E-state index in [1.165, 1.54) is 6.92 Å². The Morgan fingerprint density at radius 2 is 1.91 bits per heavy atom. The Bertz CT molecular complexity index is 1100. The van der Waals surface area contributed by atoms with Gasteiger partial charge in [-0.25, -0.2) is 0 Å². The van der Waals surface area contributed by atoms with E-state index in [1.807, 2.05) is 23.1 Å². The van der Waals surface area contributed by atoms with Gasteiger partial charge in [0.15, 0.2) is 0 Å². The van der Waals surface area contributed by atoms with Crippen LogP contribution in [0.25, 0.3) is 0 Å². The molecule has 3 heterocycles. The first kappa shape index (κ1) is 23.7. The molecular weight excluding hydrogens is 444 g/mol. The van der Waals surface area contributed by atoms with Crippen LogP contribution in [0.1, 0.15) is 50.8 Å². The summed E-state index contributed by atoms with van der Waals surface area (Å²) in [6.45, 7) is 6.89. The summed E-state index contributed by atoms with van der Waals surface area (Å²) < 4.78 is 13.1. The van der Waals surface area contributed by atoms with Gasteiger partial charge in [-0.2, -0.15) is 0 Å². The van der Waals surface area contributed by atoms with E-state index in [4.69, 9.17) is 9.47 Å². The summed E-state index contributed by atoms with van der Waals surface area (Å²) in [4.78, 5) is 27.3. The molecule has 186 valence electrons. The van der Waals surface area contributed by atoms with Gasteiger partial charge >= 0.3 is 0 Å². The highest BCUT2D eigenvalue weighted by atomic mass is 16.5. The van der Waals surface area contributed by atoms with Gasteiger partial charge in [0.2, 0.25) is 11.8 Å². The van der Waals surface area contributed by atoms with Gasteiger partial charge in [0.1, 0.15) is 23.1 Å². The Hall–Kier alpha value is -3.06. The van der Waals surface area contributed by atoms with E-state index in [0.717, 1.165) is 29.7 Å². The number of phenols is 1. The highest BCUT2D eigenvalue weighted by Crippen LogP contribution is 2.52. The molecule has 2 amide bonds. The van der Waals surface area contributed by atoms with Crippen LogP contribution >= 0.6 is 0 Å². The van der Waals surface area contributed by atoms with E-state index in [9.17, 15) is 14.7 Å². The summed E-state index contributed by atoms with van der Waals surface area (Å²) in [6, 6.07) is 14.2. The van der Waals surface area contributed by atoms with Crippen LogP contribution in [0.3, 0.4) is 0 Å². The van der Waals surface area contributed by atoms with Crippen LogP contribution in [0.15, 0.2) is 48.5 Å². The molecule has 7 heteroatoms. The number of rotatable bonds is 4. The lowest BCUT2D eigenvalue weighted by molar-refractivity contribution is -0.189. The maximum atomic E-state index is 13.5. The molecule has 7 nitrogen and oxygen atoms in total. The van der Waals surface area contributed by atoms with Gasteiger partial charge in [-0.05, 0) is 50.5 Å². The largest absolute Gasteiger partial charge is 0.508 e. The molecule has 2 saturated heterocycles. The monoisotopic (exact) mass is 478 g/mol. The molecule has 3 aliphatic rings. The molecule has 0 aromatic heterocycles. The number of fused-ring (bicyclic) bond motifs is 4. The number of amides is 2. The lowest BCUT2D eigenvalue weighted by Gasteiger charge is -2.53. The van der Waals surface area contributed by atoms with Gasteiger partial charge in [0, 0.05) is 43.8 Å². The molecule has 35 heavy (non-hydrogen) atoms. The summed E-state index contributed by atoms with van der Waals surface area (Å²) in [5.41, 5.74) is 1.63. The second-order valence-electron chi connectivity index (χ2n) is 10.6. The van der Waals surface area contributed by atoms with Crippen molar-refractivity contribution in [2.45, 2.75) is 63.9 Å². The molecule has 2 aromatic rings. The number of piperidine rings is 1. The molecule has 0 aliphatic carbocycles. The molecule has 0 spiro atoms.